The summed E-state index contributed by atoms with van der Waals surface area (Å²) < 4.78 is 5.21. The van der Waals surface area contributed by atoms with Crippen molar-refractivity contribution in [3.8, 4) is 5.75 Å². The number of ether oxygens (including phenoxy) is 1. The van der Waals surface area contributed by atoms with Gasteiger partial charge in [-0.05, 0) is 48.9 Å². The van der Waals surface area contributed by atoms with Crippen molar-refractivity contribution in [3.05, 3.63) is 62.9 Å². The highest BCUT2D eigenvalue weighted by molar-refractivity contribution is 6.30. The van der Waals surface area contributed by atoms with E-state index in [2.05, 4.69) is 15.3 Å². The number of carbonyl (C=O) groups is 1. The smallest absolute Gasteiger partial charge is 0.260 e. The second kappa shape index (κ2) is 6.33. The third kappa shape index (κ3) is 3.09. The Kier molecular flexibility index (Phi) is 4.22. The number of hydrogen-bond donors (Lipinski definition) is 2. The van der Waals surface area contributed by atoms with E-state index in [0.29, 0.717) is 27.2 Å². The number of carbonyl (C=O) groups excluding carboxylic acids is 1. The second-order valence-corrected chi connectivity index (χ2v) is 5.65. The molecule has 0 bridgehead atoms. The van der Waals surface area contributed by atoms with Crippen LogP contribution < -0.4 is 15.6 Å². The van der Waals surface area contributed by atoms with E-state index in [1.807, 2.05) is 6.92 Å². The third-order valence-corrected chi connectivity index (χ3v) is 3.81. The third-order valence-electron chi connectivity index (χ3n) is 3.56. The average molecular weight is 344 g/mol. The number of benzene rings is 2. The minimum Gasteiger partial charge on any atom is -0.496 e. The topological polar surface area (TPSA) is 84.1 Å². The zero-order valence-electron chi connectivity index (χ0n) is 13.0. The molecule has 0 radical (unpaired) electrons. The van der Waals surface area contributed by atoms with Gasteiger partial charge in [-0.3, -0.25) is 19.9 Å². The molecule has 0 saturated heterocycles. The Labute approximate surface area is 142 Å². The highest BCUT2D eigenvalue weighted by atomic mass is 35.5. The largest absolute Gasteiger partial charge is 0.496 e. The number of rotatable bonds is 3. The van der Waals surface area contributed by atoms with Gasteiger partial charge in [0.05, 0.1) is 18.0 Å². The van der Waals surface area contributed by atoms with Crippen LogP contribution in [0.2, 0.25) is 5.02 Å². The molecule has 0 aliphatic rings. The maximum atomic E-state index is 12.2. The fourth-order valence-corrected chi connectivity index (χ4v) is 2.46. The lowest BCUT2D eigenvalue weighted by molar-refractivity contribution is 0.102. The first-order valence-corrected chi connectivity index (χ1v) is 7.51. The van der Waals surface area contributed by atoms with Gasteiger partial charge in [0.15, 0.2) is 0 Å². The zero-order chi connectivity index (χ0) is 17.3. The Hall–Kier alpha value is -2.86. The van der Waals surface area contributed by atoms with Crippen LogP contribution in [0.4, 0.5) is 5.95 Å². The summed E-state index contributed by atoms with van der Waals surface area (Å²) in [5.41, 5.74) is 1.37. The molecular weight excluding hydrogens is 330 g/mol. The van der Waals surface area contributed by atoms with Gasteiger partial charge >= 0.3 is 0 Å². The summed E-state index contributed by atoms with van der Waals surface area (Å²) >= 11 is 5.80. The van der Waals surface area contributed by atoms with Crippen LogP contribution in [0.15, 0.2) is 41.2 Å². The van der Waals surface area contributed by atoms with Gasteiger partial charge in [0, 0.05) is 10.6 Å². The number of anilines is 1. The van der Waals surface area contributed by atoms with Crippen LogP contribution >= 0.6 is 11.6 Å². The molecule has 1 aromatic heterocycles. The van der Waals surface area contributed by atoms with Gasteiger partial charge in [-0.1, -0.05) is 11.6 Å². The predicted octanol–water partition coefficient (Wildman–Crippen LogP) is 3.15. The molecule has 0 aliphatic carbocycles. The Morgan fingerprint density at radius 1 is 1.25 bits per heavy atom. The molecule has 2 aromatic carbocycles. The Bertz CT molecular complexity index is 981. The molecule has 7 heteroatoms. The van der Waals surface area contributed by atoms with Crippen LogP contribution in [-0.4, -0.2) is 23.0 Å². The van der Waals surface area contributed by atoms with Crippen molar-refractivity contribution in [2.24, 2.45) is 0 Å². The predicted molar refractivity (Wildman–Crippen MR) is 93.1 cm³/mol. The minimum atomic E-state index is -0.389. The van der Waals surface area contributed by atoms with E-state index >= 15 is 0 Å². The Morgan fingerprint density at radius 3 is 2.62 bits per heavy atom. The maximum Gasteiger partial charge on any atom is 0.260 e. The maximum absolute atomic E-state index is 12.2. The van der Waals surface area contributed by atoms with Gasteiger partial charge in [-0.15, -0.1) is 0 Å². The van der Waals surface area contributed by atoms with Gasteiger partial charge in [-0.25, -0.2) is 4.98 Å². The fourth-order valence-electron chi connectivity index (χ4n) is 2.33. The van der Waals surface area contributed by atoms with Gasteiger partial charge in [0.2, 0.25) is 5.95 Å². The normalized spacial score (nSPS) is 10.6. The van der Waals surface area contributed by atoms with E-state index in [1.54, 1.807) is 36.4 Å². The van der Waals surface area contributed by atoms with Crippen LogP contribution in [0.3, 0.4) is 0 Å². The summed E-state index contributed by atoms with van der Waals surface area (Å²) in [6.07, 6.45) is 0. The summed E-state index contributed by atoms with van der Waals surface area (Å²) in [6.45, 7) is 1.85. The van der Waals surface area contributed by atoms with Crippen LogP contribution in [0.1, 0.15) is 15.9 Å². The lowest BCUT2D eigenvalue weighted by atomic mass is 10.1. The lowest BCUT2D eigenvalue weighted by Crippen LogP contribution is -2.18. The standard InChI is InChI=1S/C17H14ClN3O3/c1-9-7-13-12(8-14(9)24-2)16(23)21-17(19-13)20-15(22)10-3-5-11(18)6-4-10/h3-8H,1-2H3,(H2,19,20,21,22,23). The first kappa shape index (κ1) is 16.0. The van der Waals surface area contributed by atoms with Gasteiger partial charge in [-0.2, -0.15) is 0 Å². The highest BCUT2D eigenvalue weighted by Gasteiger charge is 2.11. The molecule has 3 rings (SSSR count). The summed E-state index contributed by atoms with van der Waals surface area (Å²) in [6, 6.07) is 9.77. The quantitative estimate of drug-likeness (QED) is 0.765. The molecule has 122 valence electrons. The molecule has 1 heterocycles. The van der Waals surface area contributed by atoms with Crippen molar-refractivity contribution in [2.45, 2.75) is 6.92 Å². The number of H-pyrrole nitrogens is 1. The molecule has 24 heavy (non-hydrogen) atoms. The summed E-state index contributed by atoms with van der Waals surface area (Å²) in [5, 5.41) is 3.50. The van der Waals surface area contributed by atoms with E-state index in [1.165, 1.54) is 7.11 Å². The molecule has 6 nitrogen and oxygen atoms in total. The van der Waals surface area contributed by atoms with Crippen molar-refractivity contribution in [1.29, 1.82) is 0 Å². The first-order chi connectivity index (χ1) is 11.5. The van der Waals surface area contributed by atoms with Gasteiger partial charge in [0.25, 0.3) is 11.5 Å². The molecule has 2 N–H and O–H groups in total. The van der Waals surface area contributed by atoms with E-state index in [0.717, 1.165) is 5.56 Å². The Morgan fingerprint density at radius 2 is 1.96 bits per heavy atom. The molecule has 0 spiro atoms. The first-order valence-electron chi connectivity index (χ1n) is 7.13. The number of methoxy groups -OCH3 is 1. The van der Waals surface area contributed by atoms with Gasteiger partial charge < -0.3 is 4.74 Å². The molecular formula is C17H14ClN3O3. The number of aromatic amines is 1. The van der Waals surface area contributed by atoms with Crippen LogP contribution in [0.5, 0.6) is 5.75 Å². The van der Waals surface area contributed by atoms with Crippen LogP contribution in [0.25, 0.3) is 10.9 Å². The number of aryl methyl sites for hydroxylation is 1. The highest BCUT2D eigenvalue weighted by Crippen LogP contribution is 2.22. The van der Waals surface area contributed by atoms with E-state index in [9.17, 15) is 9.59 Å². The molecule has 0 unspecified atom stereocenters. The minimum absolute atomic E-state index is 0.0806. The fraction of sp³-hybridized carbons (Fsp3) is 0.118. The number of amides is 1. The summed E-state index contributed by atoms with van der Waals surface area (Å²) in [5.74, 6) is 0.296. The summed E-state index contributed by atoms with van der Waals surface area (Å²) in [4.78, 5) is 31.3. The molecule has 0 atom stereocenters. The molecule has 1 amide bonds. The number of nitrogens with zero attached hydrogens (tertiary/aromatic N) is 1. The lowest BCUT2D eigenvalue weighted by Gasteiger charge is -2.08. The van der Waals surface area contributed by atoms with Crippen molar-refractivity contribution in [1.82, 2.24) is 9.97 Å². The SMILES string of the molecule is COc1cc2c(=O)[nH]c(NC(=O)c3ccc(Cl)cc3)nc2cc1C. The number of aromatic nitrogens is 2. The van der Waals surface area contributed by atoms with Crippen LogP contribution in [-0.2, 0) is 0 Å². The number of halogens is 1. The van der Waals surface area contributed by atoms with Crippen molar-refractivity contribution in [3.63, 3.8) is 0 Å². The average Bonchev–Trinajstić information content (AvgIpc) is 2.54. The van der Waals surface area contributed by atoms with Crippen molar-refractivity contribution < 1.29 is 9.53 Å². The second-order valence-electron chi connectivity index (χ2n) is 5.21. The molecule has 0 saturated carbocycles. The zero-order valence-corrected chi connectivity index (χ0v) is 13.8. The molecule has 0 aliphatic heterocycles. The van der Waals surface area contributed by atoms with Gasteiger partial charge in [0.1, 0.15) is 5.75 Å². The van der Waals surface area contributed by atoms with Crippen molar-refractivity contribution >= 4 is 34.4 Å². The van der Waals surface area contributed by atoms with E-state index < -0.39 is 0 Å². The Balaban J connectivity index is 1.97. The number of fused-ring (bicyclic) bond motifs is 1. The van der Waals surface area contributed by atoms with E-state index in [4.69, 9.17) is 16.3 Å². The van der Waals surface area contributed by atoms with Crippen LogP contribution in [0, 0.1) is 6.92 Å². The number of nitrogens with one attached hydrogen (secondary N) is 2. The molecule has 3 aromatic rings. The summed E-state index contributed by atoms with van der Waals surface area (Å²) in [7, 11) is 1.54. The monoisotopic (exact) mass is 343 g/mol. The number of hydrogen-bond acceptors (Lipinski definition) is 4. The molecule has 0 fully saturated rings. The van der Waals surface area contributed by atoms with Crippen molar-refractivity contribution in [2.75, 3.05) is 12.4 Å². The van der Waals surface area contributed by atoms with E-state index in [-0.39, 0.29) is 17.4 Å².